The van der Waals surface area contributed by atoms with Gasteiger partial charge in [-0.2, -0.15) is 14.1 Å². The van der Waals surface area contributed by atoms with E-state index in [9.17, 15) is 16.8 Å². The summed E-state index contributed by atoms with van der Waals surface area (Å²) in [5.41, 5.74) is 1.63. The van der Waals surface area contributed by atoms with Gasteiger partial charge in [0.25, 0.3) is 20.0 Å². The Balaban J connectivity index is 0.000000241. The maximum Gasteiger partial charge on any atom is 0.257 e. The van der Waals surface area contributed by atoms with Crippen molar-refractivity contribution < 1.29 is 21.6 Å². The number of sulfonamides is 2. The van der Waals surface area contributed by atoms with Gasteiger partial charge < -0.3 is 4.74 Å². The van der Waals surface area contributed by atoms with Crippen LogP contribution in [0.4, 0.5) is 0 Å². The minimum atomic E-state index is -3.88. The van der Waals surface area contributed by atoms with Crippen molar-refractivity contribution >= 4 is 42.9 Å². The number of imidazole rings is 2. The number of nitrogens with two attached hydrogens (primary N) is 2. The van der Waals surface area contributed by atoms with E-state index in [-0.39, 0.29) is 22.6 Å². The Kier molecular flexibility index (Phi) is 8.78. The summed E-state index contributed by atoms with van der Waals surface area (Å²) in [6.45, 7) is 5.86. The lowest BCUT2D eigenvalue weighted by atomic mass is 10.4. The van der Waals surface area contributed by atoms with Crippen LogP contribution in [0.2, 0.25) is 5.15 Å². The van der Waals surface area contributed by atoms with Gasteiger partial charge in [-0.05, 0) is 38.0 Å². The van der Waals surface area contributed by atoms with Gasteiger partial charge in [-0.25, -0.2) is 37.1 Å². The van der Waals surface area contributed by atoms with Crippen molar-refractivity contribution in [2.45, 2.75) is 51.1 Å². The number of fused-ring (bicyclic) bond motifs is 2. The molecule has 0 saturated carbocycles. The van der Waals surface area contributed by atoms with Crippen LogP contribution in [0.25, 0.3) is 11.3 Å². The van der Waals surface area contributed by atoms with Crippen LogP contribution in [0.15, 0.2) is 34.3 Å². The van der Waals surface area contributed by atoms with Gasteiger partial charge in [0.1, 0.15) is 5.15 Å². The maximum absolute atomic E-state index is 11.6. The fraction of sp³-hybridized carbons (Fsp3) is 0.368. The first-order chi connectivity index (χ1) is 15.9. The number of hydrogen-bond donors (Lipinski definition) is 2. The molecule has 4 aromatic rings. The van der Waals surface area contributed by atoms with Crippen LogP contribution in [0.5, 0.6) is 5.88 Å². The molecule has 4 rings (SSSR count). The van der Waals surface area contributed by atoms with Gasteiger partial charge in [-0.15, -0.1) is 5.10 Å². The van der Waals surface area contributed by atoms with E-state index in [2.05, 4.69) is 20.2 Å². The van der Waals surface area contributed by atoms with E-state index in [1.165, 1.54) is 10.6 Å². The maximum atomic E-state index is 11.6. The highest BCUT2D eigenvalue weighted by Gasteiger charge is 2.23. The summed E-state index contributed by atoms with van der Waals surface area (Å²) >= 11 is 5.70. The van der Waals surface area contributed by atoms with E-state index in [0.717, 1.165) is 4.52 Å². The molecule has 0 atom stereocenters. The largest absolute Gasteiger partial charge is 0.477 e. The van der Waals surface area contributed by atoms with E-state index in [4.69, 9.17) is 26.6 Å². The van der Waals surface area contributed by atoms with Crippen LogP contribution in [0.3, 0.4) is 0 Å². The predicted octanol–water partition coefficient (Wildman–Crippen LogP) is 1.57. The van der Waals surface area contributed by atoms with E-state index < -0.39 is 20.0 Å². The molecule has 35 heavy (non-hydrogen) atoms. The molecule has 16 heteroatoms. The van der Waals surface area contributed by atoms with E-state index in [0.29, 0.717) is 48.0 Å². The first kappa shape index (κ1) is 28.4. The first-order valence-corrected chi connectivity index (χ1v) is 13.5. The van der Waals surface area contributed by atoms with Crippen molar-refractivity contribution in [3.05, 3.63) is 40.8 Å². The molecule has 0 aliphatic rings. The predicted molar refractivity (Wildman–Crippen MR) is 130 cm³/mol. The van der Waals surface area contributed by atoms with Crippen molar-refractivity contribution in [3.63, 3.8) is 0 Å². The average Bonchev–Trinajstić information content (AvgIpc) is 3.31. The lowest BCUT2D eigenvalue weighted by molar-refractivity contribution is 0.320. The highest BCUT2D eigenvalue weighted by atomic mass is 35.5. The van der Waals surface area contributed by atoms with Gasteiger partial charge in [0.2, 0.25) is 5.88 Å². The number of aromatic nitrogens is 6. The third kappa shape index (κ3) is 6.05. The van der Waals surface area contributed by atoms with Gasteiger partial charge in [-0.3, -0.25) is 0 Å². The molecule has 13 nitrogen and oxygen atoms in total. The smallest absolute Gasteiger partial charge is 0.257 e. The lowest BCUT2D eigenvalue weighted by Crippen LogP contribution is -2.17. The molecule has 0 bridgehead atoms. The Bertz CT molecular complexity index is 1570. The van der Waals surface area contributed by atoms with Crippen LogP contribution in [-0.4, -0.2) is 52.6 Å². The molecular weight excluding hydrogens is 520 g/mol. The monoisotopic (exact) mass is 546 g/mol. The third-order valence-corrected chi connectivity index (χ3v) is 6.55. The second-order valence-corrected chi connectivity index (χ2v) is 10.2. The third-order valence-electron chi connectivity index (χ3n) is 4.45. The molecule has 0 aromatic carbocycles. The van der Waals surface area contributed by atoms with Gasteiger partial charge in [0.05, 0.1) is 18.0 Å². The second kappa shape index (κ2) is 10.8. The highest BCUT2D eigenvalue weighted by Crippen LogP contribution is 2.19. The van der Waals surface area contributed by atoms with Crippen LogP contribution >= 0.6 is 11.6 Å². The van der Waals surface area contributed by atoms with Crippen molar-refractivity contribution in [1.29, 1.82) is 0 Å². The van der Waals surface area contributed by atoms with E-state index in [1.807, 2.05) is 6.92 Å². The molecule has 0 aliphatic carbocycles. The molecule has 0 radical (unpaired) electrons. The summed E-state index contributed by atoms with van der Waals surface area (Å²) in [5.74, 6) is 0.329. The number of halogens is 1. The molecule has 0 aliphatic heterocycles. The number of nitrogens with zero attached hydrogens (tertiary/aromatic N) is 6. The Morgan fingerprint density at radius 3 is 1.71 bits per heavy atom. The summed E-state index contributed by atoms with van der Waals surface area (Å²) in [6, 6.07) is 6.41. The van der Waals surface area contributed by atoms with E-state index >= 15 is 0 Å². The van der Waals surface area contributed by atoms with Gasteiger partial charge in [-0.1, -0.05) is 32.9 Å². The number of aryl methyl sites for hydroxylation is 2. The summed E-state index contributed by atoms with van der Waals surface area (Å²) in [5, 5.41) is 18.3. The van der Waals surface area contributed by atoms with Gasteiger partial charge in [0, 0.05) is 6.07 Å². The fourth-order valence-corrected chi connectivity index (χ4v) is 5.06. The number of ether oxygens (including phenoxy) is 1. The van der Waals surface area contributed by atoms with E-state index in [1.54, 1.807) is 32.0 Å². The Hall–Kier alpha value is -2.85. The summed E-state index contributed by atoms with van der Waals surface area (Å²) in [6.07, 6.45) is 0.909. The SMILES string of the molecule is C.CCOc1ccc2nc(CC)c(S(N)(=O)=O)n2n1.CCc1nc2ccc(Cl)nn2c1S(N)(=O)=O. The number of hydrogen-bond acceptors (Lipinski definition) is 9. The summed E-state index contributed by atoms with van der Waals surface area (Å²) in [4.78, 5) is 8.31. The summed E-state index contributed by atoms with van der Waals surface area (Å²) < 4.78 is 53.6. The van der Waals surface area contributed by atoms with Crippen LogP contribution in [0.1, 0.15) is 39.6 Å². The lowest BCUT2D eigenvalue weighted by Gasteiger charge is -2.03. The zero-order valence-corrected chi connectivity index (χ0v) is 20.9. The Morgan fingerprint density at radius 2 is 1.29 bits per heavy atom. The molecule has 4 heterocycles. The van der Waals surface area contributed by atoms with Crippen molar-refractivity contribution in [2.24, 2.45) is 10.3 Å². The minimum Gasteiger partial charge on any atom is -0.477 e. The normalized spacial score (nSPS) is 11.7. The molecule has 4 aromatic heterocycles. The molecule has 0 spiro atoms. The Morgan fingerprint density at radius 1 is 0.829 bits per heavy atom. The minimum absolute atomic E-state index is 0. The zero-order chi connectivity index (χ0) is 25.3. The molecule has 4 N–H and O–H groups in total. The van der Waals surface area contributed by atoms with Crippen LogP contribution in [-0.2, 0) is 32.9 Å². The Labute approximate surface area is 208 Å². The van der Waals surface area contributed by atoms with Crippen molar-refractivity contribution in [2.75, 3.05) is 6.61 Å². The van der Waals surface area contributed by atoms with Gasteiger partial charge >= 0.3 is 0 Å². The second-order valence-electron chi connectivity index (χ2n) is 6.83. The fourth-order valence-electron chi connectivity index (χ4n) is 3.13. The van der Waals surface area contributed by atoms with Crippen LogP contribution in [0, 0.1) is 0 Å². The average molecular weight is 547 g/mol. The quantitative estimate of drug-likeness (QED) is 0.361. The standard InChI is InChI=1S/C10H14N4O3S.C8H9ClN4O2S.CH4/c1-3-7-10(18(11,15)16)14-8(12-7)5-6-9(13-14)17-4-2;1-2-5-8(16(10,14)15)13-7(11-5)4-3-6(9)12-13;/h5-6H,3-4H2,1-2H3,(H2,11,15,16);3-4H,2H2,1H3,(H2,10,14,15);1H4. The number of rotatable bonds is 6. The van der Waals surface area contributed by atoms with Crippen molar-refractivity contribution in [1.82, 2.24) is 29.2 Å². The molecule has 0 unspecified atom stereocenters. The summed E-state index contributed by atoms with van der Waals surface area (Å²) in [7, 11) is -7.74. The molecular formula is C19H27ClN8O5S2. The van der Waals surface area contributed by atoms with Crippen LogP contribution < -0.4 is 15.0 Å². The van der Waals surface area contributed by atoms with Gasteiger partial charge in [0.15, 0.2) is 21.3 Å². The molecule has 192 valence electrons. The molecule has 0 saturated heterocycles. The zero-order valence-electron chi connectivity index (χ0n) is 18.5. The van der Waals surface area contributed by atoms with Crippen molar-refractivity contribution in [3.8, 4) is 5.88 Å². The molecule has 0 amide bonds. The molecule has 0 fully saturated rings. The first-order valence-electron chi connectivity index (χ1n) is 10.0. The number of primary sulfonamides is 2. The topological polar surface area (TPSA) is 190 Å². The highest BCUT2D eigenvalue weighted by molar-refractivity contribution is 7.89.